The standard InChI is InChI=1S/C14H23N3O2/c1-4-14(5-2,9-15)10-17-12(18)11-7-6-8-16-13(11)19-3/h6-8H,4-5,9-10,15H2,1-3H3,(H,17,18). The van der Waals surface area contributed by atoms with Crippen molar-refractivity contribution in [3.63, 3.8) is 0 Å². The number of hydrogen-bond donors (Lipinski definition) is 2. The molecule has 1 amide bonds. The lowest BCUT2D eigenvalue weighted by Gasteiger charge is -2.30. The molecule has 0 atom stereocenters. The lowest BCUT2D eigenvalue weighted by molar-refractivity contribution is 0.0924. The molecule has 0 fully saturated rings. The SMILES string of the molecule is CCC(CC)(CN)CNC(=O)c1cccnc1OC. The molecule has 19 heavy (non-hydrogen) atoms. The van der Waals surface area contributed by atoms with Gasteiger partial charge in [0.15, 0.2) is 0 Å². The van der Waals surface area contributed by atoms with Gasteiger partial charge in [-0.3, -0.25) is 4.79 Å². The Morgan fingerprint density at radius 3 is 2.68 bits per heavy atom. The summed E-state index contributed by atoms with van der Waals surface area (Å²) in [5, 5.41) is 2.93. The Labute approximate surface area is 114 Å². The van der Waals surface area contributed by atoms with Gasteiger partial charge >= 0.3 is 0 Å². The zero-order valence-electron chi connectivity index (χ0n) is 11.9. The van der Waals surface area contributed by atoms with Crippen LogP contribution in [0.15, 0.2) is 18.3 Å². The lowest BCUT2D eigenvalue weighted by atomic mass is 9.82. The van der Waals surface area contributed by atoms with E-state index in [-0.39, 0.29) is 11.3 Å². The summed E-state index contributed by atoms with van der Waals surface area (Å²) in [5.41, 5.74) is 6.23. The molecule has 0 aliphatic heterocycles. The third-order valence-corrected chi connectivity index (χ3v) is 3.77. The largest absolute Gasteiger partial charge is 0.480 e. The molecule has 5 heteroatoms. The molecule has 0 bridgehead atoms. The first-order valence-corrected chi connectivity index (χ1v) is 6.59. The Kier molecular flexibility index (Phi) is 5.76. The first-order valence-electron chi connectivity index (χ1n) is 6.59. The van der Waals surface area contributed by atoms with Crippen LogP contribution in [0.5, 0.6) is 5.88 Å². The second-order valence-corrected chi connectivity index (χ2v) is 4.65. The van der Waals surface area contributed by atoms with Crippen molar-refractivity contribution in [3.8, 4) is 5.88 Å². The minimum Gasteiger partial charge on any atom is -0.480 e. The van der Waals surface area contributed by atoms with Crippen LogP contribution < -0.4 is 15.8 Å². The van der Waals surface area contributed by atoms with Crippen LogP contribution in [0.25, 0.3) is 0 Å². The highest BCUT2D eigenvalue weighted by molar-refractivity contribution is 5.96. The Bertz CT molecular complexity index is 409. The van der Waals surface area contributed by atoms with Crippen LogP contribution in [0.2, 0.25) is 0 Å². The van der Waals surface area contributed by atoms with E-state index in [2.05, 4.69) is 24.1 Å². The number of methoxy groups -OCH3 is 1. The predicted octanol–water partition coefficient (Wildman–Crippen LogP) is 1.59. The Morgan fingerprint density at radius 1 is 1.47 bits per heavy atom. The quantitative estimate of drug-likeness (QED) is 0.784. The molecular weight excluding hydrogens is 242 g/mol. The van der Waals surface area contributed by atoms with E-state index >= 15 is 0 Å². The zero-order chi connectivity index (χ0) is 14.3. The zero-order valence-corrected chi connectivity index (χ0v) is 11.9. The van der Waals surface area contributed by atoms with Gasteiger partial charge in [0.2, 0.25) is 5.88 Å². The number of amides is 1. The molecule has 0 aliphatic rings. The van der Waals surface area contributed by atoms with E-state index in [1.165, 1.54) is 7.11 Å². The van der Waals surface area contributed by atoms with Crippen molar-refractivity contribution in [2.75, 3.05) is 20.2 Å². The molecule has 0 spiro atoms. The van der Waals surface area contributed by atoms with Crippen molar-refractivity contribution < 1.29 is 9.53 Å². The number of aromatic nitrogens is 1. The fraction of sp³-hybridized carbons (Fsp3) is 0.571. The minimum absolute atomic E-state index is 0.0366. The van der Waals surface area contributed by atoms with Gasteiger partial charge in [-0.25, -0.2) is 4.98 Å². The molecule has 0 aliphatic carbocycles. The monoisotopic (exact) mass is 265 g/mol. The fourth-order valence-corrected chi connectivity index (χ4v) is 1.95. The van der Waals surface area contributed by atoms with E-state index in [9.17, 15) is 4.79 Å². The lowest BCUT2D eigenvalue weighted by Crippen LogP contribution is -2.41. The van der Waals surface area contributed by atoms with Crippen molar-refractivity contribution in [3.05, 3.63) is 23.9 Å². The fourth-order valence-electron chi connectivity index (χ4n) is 1.95. The number of nitrogens with two attached hydrogens (primary N) is 1. The molecule has 0 aromatic carbocycles. The summed E-state index contributed by atoms with van der Waals surface area (Å²) >= 11 is 0. The van der Waals surface area contributed by atoms with E-state index in [1.807, 2.05) is 0 Å². The number of rotatable bonds is 7. The molecule has 106 valence electrons. The van der Waals surface area contributed by atoms with Gasteiger partial charge in [-0.05, 0) is 36.9 Å². The molecule has 1 aromatic heterocycles. The van der Waals surface area contributed by atoms with Crippen LogP contribution in [-0.4, -0.2) is 31.1 Å². The third-order valence-electron chi connectivity index (χ3n) is 3.77. The summed E-state index contributed by atoms with van der Waals surface area (Å²) in [6.45, 7) is 5.30. The topological polar surface area (TPSA) is 77.2 Å². The van der Waals surface area contributed by atoms with Crippen molar-refractivity contribution >= 4 is 5.91 Å². The van der Waals surface area contributed by atoms with Gasteiger partial charge in [-0.2, -0.15) is 0 Å². The molecular formula is C14H23N3O2. The second kappa shape index (κ2) is 7.09. The molecule has 3 N–H and O–H groups in total. The minimum atomic E-state index is -0.176. The first-order chi connectivity index (χ1) is 9.12. The van der Waals surface area contributed by atoms with Gasteiger partial charge in [0, 0.05) is 12.7 Å². The van der Waals surface area contributed by atoms with Gasteiger partial charge < -0.3 is 15.8 Å². The maximum absolute atomic E-state index is 12.1. The molecule has 0 saturated heterocycles. The maximum Gasteiger partial charge on any atom is 0.256 e. The third kappa shape index (κ3) is 3.67. The van der Waals surface area contributed by atoms with Gasteiger partial charge in [0.25, 0.3) is 5.91 Å². The second-order valence-electron chi connectivity index (χ2n) is 4.65. The van der Waals surface area contributed by atoms with Crippen LogP contribution in [0.3, 0.4) is 0 Å². The molecule has 1 rings (SSSR count). The molecule has 5 nitrogen and oxygen atoms in total. The normalized spacial score (nSPS) is 11.2. The van der Waals surface area contributed by atoms with Crippen LogP contribution in [0.1, 0.15) is 37.0 Å². The number of ether oxygens (including phenoxy) is 1. The van der Waals surface area contributed by atoms with Gasteiger partial charge in [0.1, 0.15) is 5.56 Å². The highest BCUT2D eigenvalue weighted by Crippen LogP contribution is 2.24. The summed E-state index contributed by atoms with van der Waals surface area (Å²) in [6, 6.07) is 3.41. The number of carbonyl (C=O) groups excluding carboxylic acids is 1. The highest BCUT2D eigenvalue weighted by Gasteiger charge is 2.25. The Hall–Kier alpha value is -1.62. The molecule has 1 aromatic rings. The van der Waals surface area contributed by atoms with E-state index < -0.39 is 0 Å². The maximum atomic E-state index is 12.1. The average Bonchev–Trinajstić information content (AvgIpc) is 2.49. The van der Waals surface area contributed by atoms with E-state index in [4.69, 9.17) is 10.5 Å². The summed E-state index contributed by atoms with van der Waals surface area (Å²) in [7, 11) is 1.50. The van der Waals surface area contributed by atoms with Crippen LogP contribution in [-0.2, 0) is 0 Å². The van der Waals surface area contributed by atoms with Crippen molar-refractivity contribution in [1.29, 1.82) is 0 Å². The molecule has 0 saturated carbocycles. The van der Waals surface area contributed by atoms with Crippen LogP contribution in [0.4, 0.5) is 0 Å². The Balaban J connectivity index is 2.75. The van der Waals surface area contributed by atoms with Crippen LogP contribution in [0, 0.1) is 5.41 Å². The summed E-state index contributed by atoms with van der Waals surface area (Å²) in [6.07, 6.45) is 3.47. The molecule has 0 radical (unpaired) electrons. The molecule has 1 heterocycles. The van der Waals surface area contributed by atoms with Gasteiger partial charge in [-0.15, -0.1) is 0 Å². The molecule has 0 unspecified atom stereocenters. The van der Waals surface area contributed by atoms with E-state index in [0.717, 1.165) is 12.8 Å². The summed E-state index contributed by atoms with van der Waals surface area (Å²) in [4.78, 5) is 16.2. The first kappa shape index (κ1) is 15.4. The van der Waals surface area contributed by atoms with Crippen LogP contribution >= 0.6 is 0 Å². The van der Waals surface area contributed by atoms with Crippen molar-refractivity contribution in [2.45, 2.75) is 26.7 Å². The van der Waals surface area contributed by atoms with E-state index in [0.29, 0.717) is 24.5 Å². The number of nitrogens with zero attached hydrogens (tertiary/aromatic N) is 1. The summed E-state index contributed by atoms with van der Waals surface area (Å²) in [5.74, 6) is 0.163. The van der Waals surface area contributed by atoms with Crippen molar-refractivity contribution in [2.24, 2.45) is 11.1 Å². The van der Waals surface area contributed by atoms with E-state index in [1.54, 1.807) is 18.3 Å². The predicted molar refractivity (Wildman–Crippen MR) is 75.2 cm³/mol. The Morgan fingerprint density at radius 2 is 2.16 bits per heavy atom. The van der Waals surface area contributed by atoms with Gasteiger partial charge in [0.05, 0.1) is 7.11 Å². The number of hydrogen-bond acceptors (Lipinski definition) is 4. The smallest absolute Gasteiger partial charge is 0.256 e. The average molecular weight is 265 g/mol. The number of pyridine rings is 1. The highest BCUT2D eigenvalue weighted by atomic mass is 16.5. The number of nitrogens with one attached hydrogen (secondary N) is 1. The van der Waals surface area contributed by atoms with Crippen molar-refractivity contribution in [1.82, 2.24) is 10.3 Å². The summed E-state index contributed by atoms with van der Waals surface area (Å²) < 4.78 is 5.08. The van der Waals surface area contributed by atoms with Gasteiger partial charge in [-0.1, -0.05) is 13.8 Å². The number of carbonyl (C=O) groups is 1.